The van der Waals surface area contributed by atoms with Gasteiger partial charge in [0.1, 0.15) is 11.0 Å². The van der Waals surface area contributed by atoms with Crippen molar-refractivity contribution in [3.63, 3.8) is 0 Å². The molecule has 0 spiro atoms. The van der Waals surface area contributed by atoms with Gasteiger partial charge in [-0.3, -0.25) is 0 Å². The lowest BCUT2D eigenvalue weighted by atomic mass is 10.0. The van der Waals surface area contributed by atoms with Gasteiger partial charge in [-0.05, 0) is 39.2 Å². The number of aryl methyl sites for hydroxylation is 2. The molecule has 0 saturated heterocycles. The summed E-state index contributed by atoms with van der Waals surface area (Å²) in [5.74, 6) is 1.42. The van der Waals surface area contributed by atoms with Crippen LogP contribution in [0.2, 0.25) is 5.15 Å². The molecule has 1 heterocycles. The van der Waals surface area contributed by atoms with E-state index in [-0.39, 0.29) is 0 Å². The summed E-state index contributed by atoms with van der Waals surface area (Å²) >= 11 is 6.27. The topological polar surface area (TPSA) is 25.8 Å². The van der Waals surface area contributed by atoms with E-state index in [1.807, 2.05) is 6.92 Å². The van der Waals surface area contributed by atoms with Gasteiger partial charge in [0.05, 0.1) is 5.69 Å². The van der Waals surface area contributed by atoms with Crippen molar-refractivity contribution in [1.29, 1.82) is 0 Å². The van der Waals surface area contributed by atoms with Crippen molar-refractivity contribution in [3.8, 4) is 11.3 Å². The van der Waals surface area contributed by atoms with Crippen LogP contribution in [0.1, 0.15) is 41.3 Å². The molecule has 98 valence electrons. The maximum Gasteiger partial charge on any atom is 0.136 e. The molecule has 1 aromatic heterocycles. The van der Waals surface area contributed by atoms with Crippen LogP contribution in [0, 0.1) is 20.8 Å². The first-order valence-electron chi connectivity index (χ1n) is 6.68. The Morgan fingerprint density at radius 3 is 2.47 bits per heavy atom. The van der Waals surface area contributed by atoms with Crippen molar-refractivity contribution in [1.82, 2.24) is 9.97 Å². The van der Waals surface area contributed by atoms with Crippen LogP contribution in [-0.2, 0) is 0 Å². The molecule has 0 amide bonds. The minimum Gasteiger partial charge on any atom is -0.232 e. The highest BCUT2D eigenvalue weighted by Crippen LogP contribution is 2.40. The van der Waals surface area contributed by atoms with Crippen molar-refractivity contribution >= 4 is 11.6 Å². The Morgan fingerprint density at radius 2 is 1.84 bits per heavy atom. The third-order valence-electron chi connectivity index (χ3n) is 3.68. The van der Waals surface area contributed by atoms with E-state index in [0.29, 0.717) is 11.1 Å². The number of hydrogen-bond donors (Lipinski definition) is 0. The highest BCUT2D eigenvalue weighted by Gasteiger charge is 2.28. The van der Waals surface area contributed by atoms with E-state index in [1.54, 1.807) is 0 Å². The fourth-order valence-electron chi connectivity index (χ4n) is 2.37. The van der Waals surface area contributed by atoms with E-state index >= 15 is 0 Å². The average Bonchev–Trinajstić information content (AvgIpc) is 3.17. The fraction of sp³-hybridized carbons (Fsp3) is 0.375. The van der Waals surface area contributed by atoms with E-state index in [1.165, 1.54) is 24.0 Å². The minimum absolute atomic E-state index is 0.516. The van der Waals surface area contributed by atoms with Gasteiger partial charge in [-0.25, -0.2) is 9.97 Å². The summed E-state index contributed by atoms with van der Waals surface area (Å²) in [5.41, 5.74) is 5.62. The van der Waals surface area contributed by atoms with Crippen LogP contribution in [0.15, 0.2) is 18.2 Å². The van der Waals surface area contributed by atoms with Crippen molar-refractivity contribution in [2.45, 2.75) is 39.5 Å². The summed E-state index contributed by atoms with van der Waals surface area (Å²) in [6, 6.07) is 6.43. The molecular formula is C16H17ClN2. The zero-order chi connectivity index (χ0) is 13.6. The largest absolute Gasteiger partial charge is 0.232 e. The van der Waals surface area contributed by atoms with Crippen LogP contribution in [0.3, 0.4) is 0 Å². The van der Waals surface area contributed by atoms with Crippen molar-refractivity contribution < 1.29 is 0 Å². The standard InChI is InChI=1S/C16H17ClN2/c1-9-4-7-13(10(2)8-9)14-11(3)15(17)19-16(18-14)12-5-6-12/h4,7-8,12H,5-6H2,1-3H3. The van der Waals surface area contributed by atoms with E-state index in [0.717, 1.165) is 22.6 Å². The summed E-state index contributed by atoms with van der Waals surface area (Å²) in [7, 11) is 0. The van der Waals surface area contributed by atoms with Gasteiger partial charge in [0.25, 0.3) is 0 Å². The molecule has 0 aliphatic heterocycles. The molecule has 0 atom stereocenters. The number of halogens is 1. The summed E-state index contributed by atoms with van der Waals surface area (Å²) < 4.78 is 0. The van der Waals surface area contributed by atoms with Crippen molar-refractivity contribution in [2.75, 3.05) is 0 Å². The van der Waals surface area contributed by atoms with Crippen LogP contribution in [-0.4, -0.2) is 9.97 Å². The van der Waals surface area contributed by atoms with Crippen LogP contribution in [0.5, 0.6) is 0 Å². The Morgan fingerprint density at radius 1 is 1.11 bits per heavy atom. The highest BCUT2D eigenvalue weighted by molar-refractivity contribution is 6.30. The zero-order valence-corrected chi connectivity index (χ0v) is 12.3. The molecular weight excluding hydrogens is 256 g/mol. The number of aromatic nitrogens is 2. The minimum atomic E-state index is 0.516. The molecule has 0 radical (unpaired) electrons. The number of benzene rings is 1. The highest BCUT2D eigenvalue weighted by atomic mass is 35.5. The molecule has 3 heteroatoms. The molecule has 1 saturated carbocycles. The molecule has 1 aliphatic rings. The number of nitrogens with zero attached hydrogens (tertiary/aromatic N) is 2. The maximum absolute atomic E-state index is 6.27. The number of hydrogen-bond acceptors (Lipinski definition) is 2. The molecule has 2 nitrogen and oxygen atoms in total. The normalized spacial score (nSPS) is 14.7. The van der Waals surface area contributed by atoms with E-state index in [4.69, 9.17) is 16.6 Å². The third kappa shape index (κ3) is 2.37. The van der Waals surface area contributed by atoms with Crippen molar-refractivity contribution in [2.24, 2.45) is 0 Å². The molecule has 0 N–H and O–H groups in total. The van der Waals surface area contributed by atoms with E-state index in [9.17, 15) is 0 Å². The van der Waals surface area contributed by atoms with Crippen molar-refractivity contribution in [3.05, 3.63) is 45.9 Å². The third-order valence-corrected chi connectivity index (χ3v) is 4.05. The van der Waals surface area contributed by atoms with Gasteiger partial charge in [-0.1, -0.05) is 35.4 Å². The molecule has 1 aliphatic carbocycles. The first kappa shape index (κ1) is 12.6. The molecule has 2 aromatic rings. The molecule has 0 unspecified atom stereocenters. The average molecular weight is 273 g/mol. The summed E-state index contributed by atoms with van der Waals surface area (Å²) in [6.07, 6.45) is 2.37. The second-order valence-corrected chi connectivity index (χ2v) is 5.80. The first-order valence-corrected chi connectivity index (χ1v) is 7.05. The van der Waals surface area contributed by atoms with Crippen LogP contribution in [0.25, 0.3) is 11.3 Å². The summed E-state index contributed by atoms with van der Waals surface area (Å²) in [6.45, 7) is 6.22. The van der Waals surface area contributed by atoms with Gasteiger partial charge in [0.2, 0.25) is 0 Å². The van der Waals surface area contributed by atoms with Gasteiger partial charge >= 0.3 is 0 Å². The van der Waals surface area contributed by atoms with E-state index in [2.05, 4.69) is 37.0 Å². The monoisotopic (exact) mass is 272 g/mol. The predicted molar refractivity (Wildman–Crippen MR) is 78.7 cm³/mol. The van der Waals surface area contributed by atoms with Gasteiger partial charge in [0.15, 0.2) is 0 Å². The van der Waals surface area contributed by atoms with Gasteiger partial charge in [-0.2, -0.15) is 0 Å². The SMILES string of the molecule is Cc1ccc(-c2nc(C3CC3)nc(Cl)c2C)c(C)c1. The molecule has 1 fully saturated rings. The second-order valence-electron chi connectivity index (χ2n) is 5.44. The first-order chi connectivity index (χ1) is 9.06. The number of rotatable bonds is 2. The summed E-state index contributed by atoms with van der Waals surface area (Å²) in [4.78, 5) is 9.18. The van der Waals surface area contributed by atoms with Crippen LogP contribution < -0.4 is 0 Å². The molecule has 19 heavy (non-hydrogen) atoms. The Hall–Kier alpha value is -1.41. The lowest BCUT2D eigenvalue weighted by Crippen LogP contribution is -2.00. The fourth-order valence-corrected chi connectivity index (χ4v) is 2.55. The molecule has 3 rings (SSSR count). The Labute approximate surface area is 118 Å². The smallest absolute Gasteiger partial charge is 0.136 e. The van der Waals surface area contributed by atoms with Gasteiger partial charge in [-0.15, -0.1) is 0 Å². The van der Waals surface area contributed by atoms with Crippen LogP contribution in [0.4, 0.5) is 0 Å². The Kier molecular flexibility index (Phi) is 3.06. The zero-order valence-electron chi connectivity index (χ0n) is 11.5. The summed E-state index contributed by atoms with van der Waals surface area (Å²) in [5, 5.41) is 0.590. The maximum atomic E-state index is 6.27. The Bertz CT molecular complexity index is 645. The quantitative estimate of drug-likeness (QED) is 0.747. The predicted octanol–water partition coefficient (Wildman–Crippen LogP) is 4.60. The van der Waals surface area contributed by atoms with E-state index < -0.39 is 0 Å². The van der Waals surface area contributed by atoms with Gasteiger partial charge < -0.3 is 0 Å². The molecule has 1 aromatic carbocycles. The Balaban J connectivity index is 2.17. The lowest BCUT2D eigenvalue weighted by molar-refractivity contribution is 0.921. The molecule has 0 bridgehead atoms. The second kappa shape index (κ2) is 4.61. The lowest BCUT2D eigenvalue weighted by Gasteiger charge is -2.12. The van der Waals surface area contributed by atoms with Crippen LogP contribution >= 0.6 is 11.6 Å². The van der Waals surface area contributed by atoms with Gasteiger partial charge in [0, 0.05) is 17.0 Å².